The monoisotopic (exact) mass is 406 g/mol. The summed E-state index contributed by atoms with van der Waals surface area (Å²) in [7, 11) is 0. The second kappa shape index (κ2) is 7.15. The van der Waals surface area contributed by atoms with Crippen molar-refractivity contribution >= 4 is 33.0 Å². The highest BCUT2D eigenvalue weighted by atomic mass is 32.1. The second-order valence-corrected chi connectivity index (χ2v) is 8.43. The van der Waals surface area contributed by atoms with Crippen LogP contribution in [0, 0.1) is 0 Å². The van der Waals surface area contributed by atoms with Crippen LogP contribution in [0.25, 0.3) is 15.7 Å². The molecule has 1 amide bonds. The van der Waals surface area contributed by atoms with Crippen molar-refractivity contribution in [3.05, 3.63) is 69.1 Å². The van der Waals surface area contributed by atoms with E-state index in [9.17, 15) is 9.59 Å². The predicted octanol–water partition coefficient (Wildman–Crippen LogP) is 3.47. The molecule has 0 saturated carbocycles. The smallest absolute Gasteiger partial charge is 0.291 e. The van der Waals surface area contributed by atoms with Crippen molar-refractivity contribution in [1.82, 2.24) is 19.5 Å². The van der Waals surface area contributed by atoms with Crippen LogP contribution >= 0.6 is 11.3 Å². The zero-order valence-corrected chi connectivity index (χ0v) is 17.0. The average Bonchev–Trinajstić information content (AvgIpc) is 3.32. The summed E-state index contributed by atoms with van der Waals surface area (Å²) in [4.78, 5) is 25.8. The SMILES string of the molecule is CCc1nn(CC(=O)NC2CCCc3ccccc32)c(=O)c2cc3sccc3n12. The molecule has 1 aromatic carbocycles. The Labute approximate surface area is 171 Å². The summed E-state index contributed by atoms with van der Waals surface area (Å²) >= 11 is 1.60. The van der Waals surface area contributed by atoms with E-state index in [1.165, 1.54) is 15.8 Å². The number of thiophene rings is 1. The van der Waals surface area contributed by atoms with Gasteiger partial charge in [0.1, 0.15) is 17.9 Å². The second-order valence-electron chi connectivity index (χ2n) is 7.48. The van der Waals surface area contributed by atoms with Crippen molar-refractivity contribution in [2.75, 3.05) is 0 Å². The fourth-order valence-corrected chi connectivity index (χ4v) is 5.14. The van der Waals surface area contributed by atoms with Crippen LogP contribution in [0.4, 0.5) is 0 Å². The number of hydrogen-bond acceptors (Lipinski definition) is 4. The summed E-state index contributed by atoms with van der Waals surface area (Å²) in [5.74, 6) is 0.602. The molecule has 1 N–H and O–H groups in total. The Bertz CT molecular complexity index is 1280. The van der Waals surface area contributed by atoms with Crippen molar-refractivity contribution in [2.45, 2.75) is 45.2 Å². The van der Waals surface area contributed by atoms with Gasteiger partial charge >= 0.3 is 0 Å². The molecule has 3 heterocycles. The molecule has 0 bridgehead atoms. The number of aryl methyl sites for hydroxylation is 2. The first-order valence-electron chi connectivity index (χ1n) is 10.0. The molecule has 1 aliphatic rings. The molecule has 1 unspecified atom stereocenters. The van der Waals surface area contributed by atoms with Crippen molar-refractivity contribution < 1.29 is 4.79 Å². The van der Waals surface area contributed by atoms with Gasteiger partial charge < -0.3 is 5.32 Å². The molecule has 0 fully saturated rings. The molecule has 29 heavy (non-hydrogen) atoms. The van der Waals surface area contributed by atoms with Gasteiger partial charge in [0.15, 0.2) is 0 Å². The minimum absolute atomic E-state index is 0.00355. The molecule has 7 heteroatoms. The molecule has 0 spiro atoms. The van der Waals surface area contributed by atoms with E-state index >= 15 is 0 Å². The van der Waals surface area contributed by atoms with E-state index in [0.717, 1.165) is 35.3 Å². The van der Waals surface area contributed by atoms with Crippen LogP contribution in [0.5, 0.6) is 0 Å². The minimum atomic E-state index is -0.232. The number of rotatable bonds is 4. The molecule has 148 valence electrons. The van der Waals surface area contributed by atoms with Crippen molar-refractivity contribution in [3.63, 3.8) is 0 Å². The first kappa shape index (κ1) is 18.1. The number of aromatic nitrogens is 3. The van der Waals surface area contributed by atoms with Crippen LogP contribution in [-0.2, 0) is 24.2 Å². The van der Waals surface area contributed by atoms with Crippen LogP contribution < -0.4 is 10.9 Å². The normalized spacial score (nSPS) is 16.2. The lowest BCUT2D eigenvalue weighted by Crippen LogP contribution is -2.37. The molecule has 3 aromatic heterocycles. The van der Waals surface area contributed by atoms with E-state index in [1.54, 1.807) is 11.3 Å². The fourth-order valence-electron chi connectivity index (χ4n) is 4.34. The van der Waals surface area contributed by atoms with Gasteiger partial charge in [0, 0.05) is 6.42 Å². The molecule has 0 aliphatic heterocycles. The van der Waals surface area contributed by atoms with E-state index in [1.807, 2.05) is 41.0 Å². The topological polar surface area (TPSA) is 68.4 Å². The lowest BCUT2D eigenvalue weighted by molar-refractivity contribution is -0.122. The lowest BCUT2D eigenvalue weighted by atomic mass is 9.88. The Hall–Kier alpha value is -2.93. The lowest BCUT2D eigenvalue weighted by Gasteiger charge is -2.26. The van der Waals surface area contributed by atoms with Gasteiger partial charge in [-0.15, -0.1) is 11.3 Å². The standard InChI is InChI=1S/C22H22N4O2S/c1-2-20-24-25(22(28)18-12-19-17(26(18)20)10-11-29-19)13-21(27)23-16-9-5-7-14-6-3-4-8-15(14)16/h3-4,6,8,10-12,16H,2,5,7,9,13H2,1H3,(H,23,27). The van der Waals surface area contributed by atoms with Crippen LogP contribution in [0.15, 0.2) is 46.6 Å². The summed E-state index contributed by atoms with van der Waals surface area (Å²) < 4.78 is 4.28. The van der Waals surface area contributed by atoms with E-state index < -0.39 is 0 Å². The van der Waals surface area contributed by atoms with Gasteiger partial charge in [0.05, 0.1) is 16.3 Å². The van der Waals surface area contributed by atoms with Gasteiger partial charge in [-0.25, -0.2) is 4.68 Å². The quantitative estimate of drug-likeness (QED) is 0.564. The van der Waals surface area contributed by atoms with E-state index in [4.69, 9.17) is 0 Å². The first-order chi connectivity index (χ1) is 14.2. The van der Waals surface area contributed by atoms with Crippen LogP contribution in [0.3, 0.4) is 0 Å². The van der Waals surface area contributed by atoms with E-state index in [0.29, 0.717) is 11.9 Å². The number of carbonyl (C=O) groups is 1. The molecule has 0 saturated heterocycles. The Morgan fingerprint density at radius 3 is 3.00 bits per heavy atom. The molecule has 1 aliphatic carbocycles. The Morgan fingerprint density at radius 2 is 2.14 bits per heavy atom. The first-order valence-corrected chi connectivity index (χ1v) is 10.9. The fraction of sp³-hybridized carbons (Fsp3) is 0.318. The highest BCUT2D eigenvalue weighted by Crippen LogP contribution is 2.29. The zero-order valence-electron chi connectivity index (χ0n) is 16.2. The molecule has 1 atom stereocenters. The Morgan fingerprint density at radius 1 is 1.28 bits per heavy atom. The third kappa shape index (κ3) is 3.06. The highest BCUT2D eigenvalue weighted by molar-refractivity contribution is 7.17. The Balaban J connectivity index is 1.45. The zero-order chi connectivity index (χ0) is 20.0. The number of hydrogen-bond donors (Lipinski definition) is 1. The predicted molar refractivity (Wildman–Crippen MR) is 114 cm³/mol. The maximum absolute atomic E-state index is 13.0. The maximum Gasteiger partial charge on any atom is 0.291 e. The minimum Gasteiger partial charge on any atom is -0.348 e. The van der Waals surface area contributed by atoms with Crippen molar-refractivity contribution in [2.24, 2.45) is 0 Å². The third-order valence-corrected chi connectivity index (χ3v) is 6.54. The summed E-state index contributed by atoms with van der Waals surface area (Å²) in [5, 5.41) is 9.64. The number of benzene rings is 1. The summed E-state index contributed by atoms with van der Waals surface area (Å²) in [5.41, 5.74) is 3.83. The van der Waals surface area contributed by atoms with Crippen LogP contribution in [-0.4, -0.2) is 20.1 Å². The molecular weight excluding hydrogens is 384 g/mol. The third-order valence-electron chi connectivity index (χ3n) is 5.69. The molecule has 6 nitrogen and oxygen atoms in total. The number of fused-ring (bicyclic) bond motifs is 4. The van der Waals surface area contributed by atoms with Crippen molar-refractivity contribution in [3.8, 4) is 0 Å². The van der Waals surface area contributed by atoms with Gasteiger partial charge in [-0.2, -0.15) is 5.10 Å². The summed E-state index contributed by atoms with van der Waals surface area (Å²) in [6, 6.07) is 12.2. The molecule has 5 rings (SSSR count). The average molecular weight is 407 g/mol. The van der Waals surface area contributed by atoms with Gasteiger partial charge in [-0.1, -0.05) is 31.2 Å². The van der Waals surface area contributed by atoms with Crippen LogP contribution in [0.2, 0.25) is 0 Å². The molecule has 0 radical (unpaired) electrons. The summed E-state index contributed by atoms with van der Waals surface area (Å²) in [6.45, 7) is 1.94. The molecule has 4 aromatic rings. The van der Waals surface area contributed by atoms with Crippen LogP contribution in [0.1, 0.15) is 42.8 Å². The van der Waals surface area contributed by atoms with Gasteiger partial charge in [0.2, 0.25) is 5.91 Å². The number of nitrogens with zero attached hydrogens (tertiary/aromatic N) is 3. The van der Waals surface area contributed by atoms with E-state index in [2.05, 4.69) is 22.5 Å². The van der Waals surface area contributed by atoms with Crippen molar-refractivity contribution in [1.29, 1.82) is 0 Å². The highest BCUT2D eigenvalue weighted by Gasteiger charge is 2.22. The number of nitrogens with one attached hydrogen (secondary N) is 1. The van der Waals surface area contributed by atoms with Gasteiger partial charge in [-0.05, 0) is 47.9 Å². The Kier molecular flexibility index (Phi) is 4.47. The molecular formula is C22H22N4O2S. The van der Waals surface area contributed by atoms with Gasteiger partial charge in [0.25, 0.3) is 5.56 Å². The van der Waals surface area contributed by atoms with Gasteiger partial charge in [-0.3, -0.25) is 14.0 Å². The summed E-state index contributed by atoms with van der Waals surface area (Å²) in [6.07, 6.45) is 3.69. The van der Waals surface area contributed by atoms with E-state index in [-0.39, 0.29) is 24.1 Å². The maximum atomic E-state index is 13.0. The largest absolute Gasteiger partial charge is 0.348 e. The number of carbonyl (C=O) groups excluding carboxylic acids is 1. The number of amides is 1.